The summed E-state index contributed by atoms with van der Waals surface area (Å²) >= 11 is 0. The summed E-state index contributed by atoms with van der Waals surface area (Å²) < 4.78 is 13.0. The summed E-state index contributed by atoms with van der Waals surface area (Å²) in [6.45, 7) is 1.82. The summed E-state index contributed by atoms with van der Waals surface area (Å²) in [4.78, 5) is 23.9. The molecule has 5 nitrogen and oxygen atoms in total. The van der Waals surface area contributed by atoms with Crippen LogP contribution in [0.1, 0.15) is 31.4 Å². The fourth-order valence-corrected chi connectivity index (χ4v) is 2.46. The van der Waals surface area contributed by atoms with Gasteiger partial charge in [0.05, 0.1) is 6.04 Å². The highest BCUT2D eigenvalue weighted by molar-refractivity contribution is 5.95. The van der Waals surface area contributed by atoms with Crippen molar-refractivity contribution in [3.8, 4) is 0 Å². The van der Waals surface area contributed by atoms with Crippen LogP contribution in [0.4, 0.5) is 20.6 Å². The third-order valence-corrected chi connectivity index (χ3v) is 4.05. The minimum atomic E-state index is -0.373. The molecule has 0 heterocycles. The maximum atomic E-state index is 13.0. The molecule has 0 aliphatic heterocycles. The van der Waals surface area contributed by atoms with Gasteiger partial charge in [-0.05, 0) is 55.7 Å². The molecular formula is C19H20FN3O2. The molecule has 25 heavy (non-hydrogen) atoms. The van der Waals surface area contributed by atoms with Crippen LogP contribution in [0.5, 0.6) is 0 Å². The number of rotatable bonds is 5. The Bertz CT molecular complexity index is 772. The van der Waals surface area contributed by atoms with Gasteiger partial charge in [0, 0.05) is 17.3 Å². The molecule has 1 unspecified atom stereocenters. The van der Waals surface area contributed by atoms with E-state index < -0.39 is 0 Å². The van der Waals surface area contributed by atoms with Crippen molar-refractivity contribution in [2.24, 2.45) is 5.92 Å². The molecular weight excluding hydrogens is 321 g/mol. The van der Waals surface area contributed by atoms with Crippen LogP contribution >= 0.6 is 0 Å². The Morgan fingerprint density at radius 2 is 1.68 bits per heavy atom. The second-order valence-electron chi connectivity index (χ2n) is 6.22. The van der Waals surface area contributed by atoms with Gasteiger partial charge in [-0.3, -0.25) is 4.79 Å². The summed E-state index contributed by atoms with van der Waals surface area (Å²) in [6, 6.07) is 12.3. The third kappa shape index (κ3) is 4.79. The lowest BCUT2D eigenvalue weighted by Gasteiger charge is -2.15. The van der Waals surface area contributed by atoms with Crippen molar-refractivity contribution in [1.82, 2.24) is 5.32 Å². The third-order valence-electron chi connectivity index (χ3n) is 4.05. The lowest BCUT2D eigenvalue weighted by molar-refractivity contribution is -0.117. The van der Waals surface area contributed by atoms with E-state index in [9.17, 15) is 14.0 Å². The van der Waals surface area contributed by atoms with Gasteiger partial charge in [-0.2, -0.15) is 0 Å². The maximum Gasteiger partial charge on any atom is 0.319 e. The highest BCUT2D eigenvalue weighted by Gasteiger charge is 2.29. The molecule has 0 aromatic heterocycles. The van der Waals surface area contributed by atoms with Gasteiger partial charge < -0.3 is 16.0 Å². The maximum absolute atomic E-state index is 13.0. The van der Waals surface area contributed by atoms with Gasteiger partial charge in [-0.1, -0.05) is 18.2 Å². The predicted octanol–water partition coefficient (Wildman–Crippen LogP) is 4.06. The van der Waals surface area contributed by atoms with Crippen LogP contribution in [0.2, 0.25) is 0 Å². The molecule has 130 valence electrons. The number of amides is 3. The molecule has 1 fully saturated rings. The molecule has 3 amide bonds. The fourth-order valence-electron chi connectivity index (χ4n) is 2.46. The monoisotopic (exact) mass is 341 g/mol. The normalized spacial score (nSPS) is 14.5. The molecule has 1 saturated carbocycles. The van der Waals surface area contributed by atoms with E-state index in [1.165, 1.54) is 12.1 Å². The van der Waals surface area contributed by atoms with Crippen molar-refractivity contribution in [2.45, 2.75) is 25.8 Å². The first-order chi connectivity index (χ1) is 12.0. The Hall–Kier alpha value is -2.89. The highest BCUT2D eigenvalue weighted by atomic mass is 19.1. The molecule has 0 bridgehead atoms. The van der Waals surface area contributed by atoms with Crippen LogP contribution in [0.15, 0.2) is 48.5 Å². The van der Waals surface area contributed by atoms with E-state index in [-0.39, 0.29) is 29.7 Å². The molecule has 2 aromatic carbocycles. The first-order valence-electron chi connectivity index (χ1n) is 8.25. The summed E-state index contributed by atoms with van der Waals surface area (Å²) in [7, 11) is 0. The van der Waals surface area contributed by atoms with Crippen molar-refractivity contribution in [2.75, 3.05) is 10.6 Å². The first-order valence-corrected chi connectivity index (χ1v) is 8.25. The number of urea groups is 1. The largest absolute Gasteiger partial charge is 0.331 e. The zero-order valence-electron chi connectivity index (χ0n) is 13.9. The quantitative estimate of drug-likeness (QED) is 0.767. The number of hydrogen-bond donors (Lipinski definition) is 3. The van der Waals surface area contributed by atoms with Crippen molar-refractivity contribution in [3.63, 3.8) is 0 Å². The van der Waals surface area contributed by atoms with Gasteiger partial charge in [-0.25, -0.2) is 9.18 Å². The second-order valence-corrected chi connectivity index (χ2v) is 6.22. The lowest BCUT2D eigenvalue weighted by Crippen LogP contribution is -2.31. The predicted molar refractivity (Wildman–Crippen MR) is 94.8 cm³/mol. The average Bonchev–Trinajstić information content (AvgIpc) is 3.40. The van der Waals surface area contributed by atoms with Gasteiger partial charge in [0.2, 0.25) is 5.91 Å². The Morgan fingerprint density at radius 1 is 1.04 bits per heavy atom. The number of benzene rings is 2. The minimum Gasteiger partial charge on any atom is -0.331 e. The standard InChI is InChI=1S/C19H20FN3O2/c1-12(13-7-9-15(20)10-8-13)21-19(25)23-17-4-2-3-16(11-17)22-18(24)14-5-6-14/h2-4,7-12,14H,5-6H2,1H3,(H,22,24)(H2,21,23,25). The molecule has 1 aliphatic carbocycles. The Balaban J connectivity index is 1.56. The minimum absolute atomic E-state index is 0.0199. The number of nitrogens with one attached hydrogen (secondary N) is 3. The average molecular weight is 341 g/mol. The summed E-state index contributed by atoms with van der Waals surface area (Å²) in [5.41, 5.74) is 2.04. The summed E-state index contributed by atoms with van der Waals surface area (Å²) in [5, 5.41) is 8.37. The van der Waals surface area contributed by atoms with Crippen LogP contribution in [0, 0.1) is 11.7 Å². The first kappa shape index (κ1) is 17.0. The van der Waals surface area contributed by atoms with Gasteiger partial charge in [-0.15, -0.1) is 0 Å². The SMILES string of the molecule is CC(NC(=O)Nc1cccc(NC(=O)C2CC2)c1)c1ccc(F)cc1. The Morgan fingerprint density at radius 3 is 2.32 bits per heavy atom. The zero-order valence-corrected chi connectivity index (χ0v) is 13.9. The smallest absolute Gasteiger partial charge is 0.319 e. The van der Waals surface area contributed by atoms with E-state index in [1.54, 1.807) is 36.4 Å². The molecule has 0 spiro atoms. The lowest BCUT2D eigenvalue weighted by atomic mass is 10.1. The van der Waals surface area contributed by atoms with Crippen molar-refractivity contribution in [3.05, 3.63) is 59.9 Å². The topological polar surface area (TPSA) is 70.2 Å². The number of halogens is 1. The summed E-state index contributed by atoms with van der Waals surface area (Å²) in [5.74, 6) is -0.173. The Labute approximate surface area is 145 Å². The molecule has 0 saturated heterocycles. The van der Waals surface area contributed by atoms with Crippen LogP contribution in [0.3, 0.4) is 0 Å². The Kier molecular flexibility index (Phi) is 4.97. The number of carbonyl (C=O) groups is 2. The molecule has 3 rings (SSSR count). The van der Waals surface area contributed by atoms with E-state index >= 15 is 0 Å². The molecule has 6 heteroatoms. The van der Waals surface area contributed by atoms with E-state index in [0.717, 1.165) is 18.4 Å². The highest BCUT2D eigenvalue weighted by Crippen LogP contribution is 2.30. The molecule has 1 atom stereocenters. The fraction of sp³-hybridized carbons (Fsp3) is 0.263. The summed E-state index contributed by atoms with van der Waals surface area (Å²) in [6.07, 6.45) is 1.88. The number of hydrogen-bond acceptors (Lipinski definition) is 2. The van der Waals surface area contributed by atoms with Crippen molar-refractivity contribution >= 4 is 23.3 Å². The molecule has 0 radical (unpaired) electrons. The van der Waals surface area contributed by atoms with E-state index in [0.29, 0.717) is 11.4 Å². The zero-order chi connectivity index (χ0) is 17.8. The van der Waals surface area contributed by atoms with Gasteiger partial charge >= 0.3 is 6.03 Å². The van der Waals surface area contributed by atoms with Gasteiger partial charge in [0.15, 0.2) is 0 Å². The van der Waals surface area contributed by atoms with Gasteiger partial charge in [0.1, 0.15) is 5.82 Å². The molecule has 1 aliphatic rings. The van der Waals surface area contributed by atoms with Crippen LogP contribution < -0.4 is 16.0 Å². The van der Waals surface area contributed by atoms with E-state index in [4.69, 9.17) is 0 Å². The number of carbonyl (C=O) groups excluding carboxylic acids is 2. The van der Waals surface area contributed by atoms with Crippen LogP contribution in [-0.4, -0.2) is 11.9 Å². The van der Waals surface area contributed by atoms with E-state index in [2.05, 4.69) is 16.0 Å². The van der Waals surface area contributed by atoms with E-state index in [1.807, 2.05) is 6.92 Å². The molecule has 2 aromatic rings. The van der Waals surface area contributed by atoms with Crippen LogP contribution in [-0.2, 0) is 4.79 Å². The van der Waals surface area contributed by atoms with Gasteiger partial charge in [0.25, 0.3) is 0 Å². The molecule has 3 N–H and O–H groups in total. The van der Waals surface area contributed by atoms with Crippen LogP contribution in [0.25, 0.3) is 0 Å². The van der Waals surface area contributed by atoms with Crippen molar-refractivity contribution < 1.29 is 14.0 Å². The van der Waals surface area contributed by atoms with Crippen molar-refractivity contribution in [1.29, 1.82) is 0 Å². The second kappa shape index (κ2) is 7.34. The number of anilines is 2.